The van der Waals surface area contributed by atoms with Gasteiger partial charge >= 0.3 is 0 Å². The number of benzene rings is 2. The Morgan fingerprint density at radius 3 is 2.59 bits per heavy atom. The number of allylic oxidation sites excluding steroid dienone is 1. The Labute approximate surface area is 161 Å². The predicted octanol–water partition coefficient (Wildman–Crippen LogP) is 4.35. The summed E-state index contributed by atoms with van der Waals surface area (Å²) in [6, 6.07) is 17.3. The van der Waals surface area contributed by atoms with Gasteiger partial charge in [0.1, 0.15) is 0 Å². The zero-order chi connectivity index (χ0) is 18.4. The van der Waals surface area contributed by atoms with Crippen LogP contribution in [-0.4, -0.2) is 29.4 Å². The van der Waals surface area contributed by atoms with Crippen molar-refractivity contribution in [2.45, 2.75) is 49.7 Å². The van der Waals surface area contributed by atoms with Crippen LogP contribution in [0.25, 0.3) is 6.08 Å². The van der Waals surface area contributed by atoms with Crippen LogP contribution in [0, 0.1) is 0 Å². The summed E-state index contributed by atoms with van der Waals surface area (Å²) < 4.78 is 0. The third-order valence-corrected chi connectivity index (χ3v) is 7.09. The van der Waals surface area contributed by atoms with Crippen molar-refractivity contribution >= 4 is 12.0 Å². The molecule has 1 unspecified atom stereocenters. The number of rotatable bonds is 4. The zero-order valence-electron chi connectivity index (χ0n) is 15.8. The first-order chi connectivity index (χ1) is 13.2. The quantitative estimate of drug-likeness (QED) is 0.881. The van der Waals surface area contributed by atoms with Crippen LogP contribution in [0.15, 0.2) is 54.6 Å². The minimum Gasteiger partial charge on any atom is -0.343 e. The molecule has 138 valence electrons. The molecule has 3 heteroatoms. The molecule has 1 amide bonds. The van der Waals surface area contributed by atoms with Gasteiger partial charge in [0, 0.05) is 17.1 Å². The molecule has 1 aliphatic carbocycles. The average Bonchev–Trinajstić information content (AvgIpc) is 3.40. The number of nitrogens with zero attached hydrogens (tertiary/aromatic N) is 1. The van der Waals surface area contributed by atoms with E-state index < -0.39 is 0 Å². The highest BCUT2D eigenvalue weighted by atomic mass is 16.1. The summed E-state index contributed by atoms with van der Waals surface area (Å²) in [5.74, 6) is 0.0579. The Morgan fingerprint density at radius 1 is 1.11 bits per heavy atom. The van der Waals surface area contributed by atoms with Crippen molar-refractivity contribution in [2.75, 3.05) is 7.05 Å². The van der Waals surface area contributed by atoms with Gasteiger partial charge in [-0.1, -0.05) is 54.6 Å². The molecule has 0 saturated carbocycles. The first-order valence-electron chi connectivity index (χ1n) is 10.1. The first-order valence-corrected chi connectivity index (χ1v) is 10.1. The van der Waals surface area contributed by atoms with Crippen LogP contribution in [0.3, 0.4) is 0 Å². The number of likely N-dealkylation sites (N-methyl/N-ethyl adjacent to an activating group) is 1. The molecule has 3 nitrogen and oxygen atoms in total. The smallest absolute Gasteiger partial charge is 0.252 e. The van der Waals surface area contributed by atoms with E-state index in [1.54, 1.807) is 0 Å². The van der Waals surface area contributed by atoms with E-state index in [0.29, 0.717) is 6.04 Å². The summed E-state index contributed by atoms with van der Waals surface area (Å²) >= 11 is 0. The van der Waals surface area contributed by atoms with Crippen molar-refractivity contribution in [3.8, 4) is 0 Å². The maximum absolute atomic E-state index is 13.4. The Hall–Kier alpha value is -2.39. The molecule has 2 bridgehead atoms. The van der Waals surface area contributed by atoms with E-state index in [-0.39, 0.29) is 17.5 Å². The van der Waals surface area contributed by atoms with Gasteiger partial charge in [0.25, 0.3) is 5.91 Å². The second-order valence-corrected chi connectivity index (χ2v) is 8.24. The summed E-state index contributed by atoms with van der Waals surface area (Å²) in [5, 5.41) is 3.46. The van der Waals surface area contributed by atoms with Crippen LogP contribution in [0.4, 0.5) is 0 Å². The Balaban J connectivity index is 1.51. The molecule has 5 rings (SSSR count). The minimum atomic E-state index is 0.0221. The molecular formula is C24H26N2O. The molecule has 2 aliphatic heterocycles. The lowest BCUT2D eigenvalue weighted by Gasteiger charge is -2.41. The fourth-order valence-electron chi connectivity index (χ4n) is 5.59. The Morgan fingerprint density at radius 2 is 1.89 bits per heavy atom. The van der Waals surface area contributed by atoms with E-state index in [9.17, 15) is 4.79 Å². The molecule has 2 aromatic rings. The highest BCUT2D eigenvalue weighted by Gasteiger charge is 2.54. The van der Waals surface area contributed by atoms with E-state index in [1.165, 1.54) is 24.0 Å². The minimum absolute atomic E-state index is 0.0221. The van der Waals surface area contributed by atoms with Gasteiger partial charge in [0.05, 0.1) is 6.04 Å². The van der Waals surface area contributed by atoms with Gasteiger partial charge in [-0.2, -0.15) is 0 Å². The van der Waals surface area contributed by atoms with Crippen LogP contribution in [0.1, 0.15) is 58.8 Å². The van der Waals surface area contributed by atoms with E-state index >= 15 is 0 Å². The molecule has 3 aliphatic rings. The lowest BCUT2D eigenvalue weighted by atomic mass is 9.78. The van der Waals surface area contributed by atoms with Gasteiger partial charge in [-0.15, -0.1) is 0 Å². The highest BCUT2D eigenvalue weighted by molar-refractivity contribution is 5.97. The fourth-order valence-corrected chi connectivity index (χ4v) is 5.59. The molecule has 2 aromatic carbocycles. The van der Waals surface area contributed by atoms with Gasteiger partial charge < -0.3 is 5.32 Å². The largest absolute Gasteiger partial charge is 0.343 e. The van der Waals surface area contributed by atoms with E-state index in [2.05, 4.69) is 59.7 Å². The van der Waals surface area contributed by atoms with Crippen molar-refractivity contribution < 1.29 is 4.79 Å². The molecule has 27 heavy (non-hydrogen) atoms. The molecular weight excluding hydrogens is 332 g/mol. The summed E-state index contributed by atoms with van der Waals surface area (Å²) in [6.07, 6.45) is 9.89. The second kappa shape index (κ2) is 6.35. The standard InChI is InChI=1S/C24H26N2O/c1-26-19-13-15-24(26,16-14-19)22(18-7-3-2-4-8-18)25-23(27)21-12-6-10-17-9-5-11-20(17)21/h2-10,12,19,22H,11,13-16H2,1H3,(H,25,27). The molecule has 0 aromatic heterocycles. The third-order valence-electron chi connectivity index (χ3n) is 7.09. The average molecular weight is 358 g/mol. The molecule has 0 spiro atoms. The van der Waals surface area contributed by atoms with Gasteiger partial charge in [-0.25, -0.2) is 0 Å². The number of carbonyl (C=O) groups is 1. The monoisotopic (exact) mass is 358 g/mol. The number of fused-ring (bicyclic) bond motifs is 3. The second-order valence-electron chi connectivity index (χ2n) is 8.24. The van der Waals surface area contributed by atoms with Gasteiger partial charge in [-0.3, -0.25) is 9.69 Å². The Kier molecular flexibility index (Phi) is 3.94. The van der Waals surface area contributed by atoms with E-state index in [4.69, 9.17) is 0 Å². The van der Waals surface area contributed by atoms with Crippen LogP contribution in [-0.2, 0) is 6.42 Å². The van der Waals surface area contributed by atoms with Gasteiger partial charge in [0.2, 0.25) is 0 Å². The fraction of sp³-hybridized carbons (Fsp3) is 0.375. The van der Waals surface area contributed by atoms with E-state index in [0.717, 1.165) is 30.4 Å². The van der Waals surface area contributed by atoms with Crippen molar-refractivity contribution in [2.24, 2.45) is 0 Å². The SMILES string of the molecule is CN1C2CCC1(C(NC(=O)c1cccc3c1CC=C3)c1ccccc1)CC2. The molecule has 2 saturated heterocycles. The number of hydrogen-bond acceptors (Lipinski definition) is 2. The van der Waals surface area contributed by atoms with Gasteiger partial charge in [-0.05, 0) is 61.9 Å². The summed E-state index contributed by atoms with van der Waals surface area (Å²) in [4.78, 5) is 15.9. The lowest BCUT2D eigenvalue weighted by molar-refractivity contribution is 0.0837. The van der Waals surface area contributed by atoms with Crippen molar-refractivity contribution in [3.05, 3.63) is 76.9 Å². The van der Waals surface area contributed by atoms with Crippen LogP contribution >= 0.6 is 0 Å². The summed E-state index contributed by atoms with van der Waals surface area (Å²) in [7, 11) is 2.25. The predicted molar refractivity (Wildman–Crippen MR) is 109 cm³/mol. The highest BCUT2D eigenvalue weighted by Crippen LogP contribution is 2.51. The van der Waals surface area contributed by atoms with Crippen molar-refractivity contribution in [1.82, 2.24) is 10.2 Å². The molecule has 1 atom stereocenters. The van der Waals surface area contributed by atoms with Crippen LogP contribution in [0.2, 0.25) is 0 Å². The van der Waals surface area contributed by atoms with Gasteiger partial charge in [0.15, 0.2) is 0 Å². The number of carbonyl (C=O) groups excluding carboxylic acids is 1. The van der Waals surface area contributed by atoms with Crippen molar-refractivity contribution in [3.63, 3.8) is 0 Å². The topological polar surface area (TPSA) is 32.3 Å². The molecule has 2 heterocycles. The Bertz CT molecular complexity index is 894. The summed E-state index contributed by atoms with van der Waals surface area (Å²) in [5.41, 5.74) is 4.41. The third kappa shape index (κ3) is 2.56. The number of hydrogen-bond donors (Lipinski definition) is 1. The van der Waals surface area contributed by atoms with Crippen LogP contribution in [0.5, 0.6) is 0 Å². The number of nitrogens with one attached hydrogen (secondary N) is 1. The maximum atomic E-state index is 13.4. The molecule has 0 radical (unpaired) electrons. The lowest BCUT2D eigenvalue weighted by Crippen LogP contribution is -2.51. The molecule has 2 fully saturated rings. The van der Waals surface area contributed by atoms with E-state index in [1.807, 2.05) is 18.2 Å². The summed E-state index contributed by atoms with van der Waals surface area (Å²) in [6.45, 7) is 0. The normalized spacial score (nSPS) is 26.9. The maximum Gasteiger partial charge on any atom is 0.252 e. The van der Waals surface area contributed by atoms with Crippen molar-refractivity contribution in [1.29, 1.82) is 0 Å². The first kappa shape index (κ1) is 16.8. The molecule has 1 N–H and O–H groups in total. The number of amides is 1. The zero-order valence-corrected chi connectivity index (χ0v) is 15.8. The van der Waals surface area contributed by atoms with Crippen LogP contribution < -0.4 is 5.32 Å².